The first-order valence-corrected chi connectivity index (χ1v) is 7.17. The van der Waals surface area contributed by atoms with Crippen LogP contribution in [-0.2, 0) is 0 Å². The fraction of sp³-hybridized carbons (Fsp3) is 0.750. The average Bonchev–Trinajstić information content (AvgIpc) is 2.35. The number of rotatable bonds is 1. The zero-order valence-corrected chi connectivity index (χ0v) is 10.2. The molecule has 1 aliphatic heterocycles. The van der Waals surface area contributed by atoms with E-state index < -0.39 is 0 Å². The van der Waals surface area contributed by atoms with Gasteiger partial charge in [-0.15, -0.1) is 11.8 Å². The summed E-state index contributed by atoms with van der Waals surface area (Å²) >= 11 is 3.96. The van der Waals surface area contributed by atoms with Gasteiger partial charge in [0.25, 0.3) is 0 Å². The number of alkyl halides is 1. The molecule has 1 rings (SSSR count). The van der Waals surface area contributed by atoms with Gasteiger partial charge in [-0.2, -0.15) is 0 Å². The predicted octanol–water partition coefficient (Wildman–Crippen LogP) is 3.02. The monoisotopic (exact) mass is 285 g/mol. The molecule has 1 N–H and O–H groups in total. The summed E-state index contributed by atoms with van der Waals surface area (Å²) in [5, 5.41) is 4.71. The van der Waals surface area contributed by atoms with Gasteiger partial charge in [0.05, 0.1) is 5.03 Å². The molecule has 0 bridgehead atoms. The molecule has 1 nitrogen and oxygen atoms in total. The highest BCUT2D eigenvalue weighted by Crippen LogP contribution is 2.12. The molecule has 3 heteroatoms. The Hall–Kier alpha value is 0.620. The van der Waals surface area contributed by atoms with Gasteiger partial charge in [0.1, 0.15) is 0 Å². The van der Waals surface area contributed by atoms with E-state index in [1.165, 1.54) is 24.3 Å². The lowest BCUT2D eigenvalue weighted by Crippen LogP contribution is -2.09. The molecule has 0 amide bonds. The second kappa shape index (κ2) is 8.71. The van der Waals surface area contributed by atoms with Gasteiger partial charge in [-0.3, -0.25) is 0 Å². The standard InChI is InChI=1S/C7H13NS.CH3I/c1-9-7-5-3-2-4-6-8-7;1-2/h5,8H,2-4,6H2,1H3;1H3. The van der Waals surface area contributed by atoms with E-state index in [2.05, 4.69) is 40.2 Å². The van der Waals surface area contributed by atoms with Gasteiger partial charge in [0, 0.05) is 6.54 Å². The average molecular weight is 285 g/mol. The van der Waals surface area contributed by atoms with Crippen LogP contribution in [0.5, 0.6) is 0 Å². The van der Waals surface area contributed by atoms with Crippen molar-refractivity contribution in [3.63, 3.8) is 0 Å². The maximum Gasteiger partial charge on any atom is 0.0637 e. The first-order valence-electron chi connectivity index (χ1n) is 3.79. The third-order valence-electron chi connectivity index (χ3n) is 1.48. The molecular formula is C8H16INS. The third kappa shape index (κ3) is 5.84. The summed E-state index contributed by atoms with van der Waals surface area (Å²) in [6.07, 6.45) is 8.32. The van der Waals surface area contributed by atoms with Crippen LogP contribution in [-0.4, -0.2) is 17.7 Å². The molecule has 0 unspecified atom stereocenters. The summed E-state index contributed by atoms with van der Waals surface area (Å²) in [6.45, 7) is 1.16. The summed E-state index contributed by atoms with van der Waals surface area (Å²) in [4.78, 5) is 1.97. The molecule has 0 radical (unpaired) electrons. The smallest absolute Gasteiger partial charge is 0.0637 e. The largest absolute Gasteiger partial charge is 0.380 e. The van der Waals surface area contributed by atoms with Crippen LogP contribution in [0.3, 0.4) is 0 Å². The van der Waals surface area contributed by atoms with Gasteiger partial charge < -0.3 is 5.32 Å². The highest BCUT2D eigenvalue weighted by Gasteiger charge is 1.97. The van der Waals surface area contributed by atoms with Crippen molar-refractivity contribution in [2.75, 3.05) is 17.7 Å². The quantitative estimate of drug-likeness (QED) is 0.587. The van der Waals surface area contributed by atoms with Crippen LogP contribution in [0.2, 0.25) is 0 Å². The van der Waals surface area contributed by atoms with Gasteiger partial charge in [-0.1, -0.05) is 28.7 Å². The molecule has 66 valence electrons. The van der Waals surface area contributed by atoms with Crippen molar-refractivity contribution >= 4 is 34.4 Å². The molecular weight excluding hydrogens is 269 g/mol. The van der Waals surface area contributed by atoms with Gasteiger partial charge in [-0.05, 0) is 30.4 Å². The molecule has 0 aliphatic carbocycles. The second-order valence-corrected chi connectivity index (χ2v) is 3.04. The summed E-state index contributed by atoms with van der Waals surface area (Å²) in [6, 6.07) is 0. The van der Waals surface area contributed by atoms with Crippen molar-refractivity contribution in [3.05, 3.63) is 11.1 Å². The number of allylic oxidation sites excluding steroid dienone is 1. The Balaban J connectivity index is 0.000000461. The zero-order valence-electron chi connectivity index (χ0n) is 7.19. The van der Waals surface area contributed by atoms with E-state index in [1.54, 1.807) is 0 Å². The molecule has 1 aliphatic rings. The topological polar surface area (TPSA) is 12.0 Å². The van der Waals surface area contributed by atoms with Crippen molar-refractivity contribution in [1.29, 1.82) is 0 Å². The number of thioether (sulfide) groups is 1. The molecule has 0 atom stereocenters. The Bertz CT molecular complexity index is 115. The van der Waals surface area contributed by atoms with E-state index in [0.717, 1.165) is 6.54 Å². The van der Waals surface area contributed by atoms with E-state index in [1.807, 2.05) is 16.7 Å². The number of nitrogens with one attached hydrogen (secondary N) is 1. The number of hydrogen-bond acceptors (Lipinski definition) is 2. The van der Waals surface area contributed by atoms with Crippen LogP contribution in [0.4, 0.5) is 0 Å². The van der Waals surface area contributed by atoms with E-state index in [4.69, 9.17) is 0 Å². The second-order valence-electron chi connectivity index (χ2n) is 2.20. The Kier molecular flexibility index (Phi) is 9.21. The number of halogens is 1. The van der Waals surface area contributed by atoms with Crippen LogP contribution < -0.4 is 5.32 Å². The molecule has 0 saturated carbocycles. The van der Waals surface area contributed by atoms with Crippen LogP contribution in [0.1, 0.15) is 19.3 Å². The van der Waals surface area contributed by atoms with Crippen molar-refractivity contribution in [3.8, 4) is 0 Å². The van der Waals surface area contributed by atoms with Crippen molar-refractivity contribution in [2.45, 2.75) is 19.3 Å². The fourth-order valence-electron chi connectivity index (χ4n) is 0.942. The van der Waals surface area contributed by atoms with Crippen LogP contribution in [0.25, 0.3) is 0 Å². The first kappa shape index (κ1) is 11.6. The molecule has 0 aromatic heterocycles. The predicted molar refractivity (Wildman–Crippen MR) is 63.4 cm³/mol. The third-order valence-corrected chi connectivity index (χ3v) is 2.23. The van der Waals surface area contributed by atoms with Gasteiger partial charge in [0.15, 0.2) is 0 Å². The lowest BCUT2D eigenvalue weighted by Gasteiger charge is -2.02. The molecule has 0 spiro atoms. The summed E-state index contributed by atoms with van der Waals surface area (Å²) in [5.74, 6) is 0. The lowest BCUT2D eigenvalue weighted by molar-refractivity contribution is 0.728. The first-order chi connectivity index (χ1) is 5.43. The Morgan fingerprint density at radius 2 is 2.18 bits per heavy atom. The fourth-order valence-corrected chi connectivity index (χ4v) is 1.47. The van der Waals surface area contributed by atoms with E-state index in [-0.39, 0.29) is 0 Å². The van der Waals surface area contributed by atoms with Crippen molar-refractivity contribution < 1.29 is 0 Å². The lowest BCUT2D eigenvalue weighted by atomic mass is 10.2. The Morgan fingerprint density at radius 1 is 1.45 bits per heavy atom. The maximum absolute atomic E-state index is 3.36. The van der Waals surface area contributed by atoms with Gasteiger partial charge >= 0.3 is 0 Å². The molecule has 11 heavy (non-hydrogen) atoms. The molecule has 0 saturated heterocycles. The summed E-state index contributed by atoms with van der Waals surface area (Å²) in [7, 11) is 0. The van der Waals surface area contributed by atoms with Crippen LogP contribution in [0.15, 0.2) is 11.1 Å². The van der Waals surface area contributed by atoms with Crippen molar-refractivity contribution in [2.24, 2.45) is 0 Å². The molecule has 0 aromatic rings. The van der Waals surface area contributed by atoms with Gasteiger partial charge in [0.2, 0.25) is 0 Å². The minimum absolute atomic E-state index is 1.16. The number of hydrogen-bond donors (Lipinski definition) is 1. The SMILES string of the molecule is CI.CSC1=CCCCCN1. The van der Waals surface area contributed by atoms with Crippen LogP contribution >= 0.6 is 34.4 Å². The minimum atomic E-state index is 1.16. The Morgan fingerprint density at radius 3 is 2.82 bits per heavy atom. The zero-order chi connectivity index (χ0) is 8.53. The minimum Gasteiger partial charge on any atom is -0.380 e. The summed E-state index contributed by atoms with van der Waals surface area (Å²) < 4.78 is 0. The van der Waals surface area contributed by atoms with Crippen LogP contribution in [0, 0.1) is 0 Å². The molecule has 1 heterocycles. The highest BCUT2D eigenvalue weighted by molar-refractivity contribution is 14.1. The van der Waals surface area contributed by atoms with Gasteiger partial charge in [-0.25, -0.2) is 0 Å². The van der Waals surface area contributed by atoms with Crippen molar-refractivity contribution in [1.82, 2.24) is 5.32 Å². The Labute approximate surface area is 87.5 Å². The van der Waals surface area contributed by atoms with E-state index in [9.17, 15) is 0 Å². The summed E-state index contributed by atoms with van der Waals surface area (Å²) in [5.41, 5.74) is 0. The molecule has 0 aromatic carbocycles. The normalized spacial score (nSPS) is 16.8. The highest BCUT2D eigenvalue weighted by atomic mass is 127. The maximum atomic E-state index is 3.36. The van der Waals surface area contributed by atoms with E-state index >= 15 is 0 Å². The molecule has 0 fully saturated rings. The van der Waals surface area contributed by atoms with E-state index in [0.29, 0.717) is 0 Å².